The second-order valence-corrected chi connectivity index (χ2v) is 7.87. The fourth-order valence-corrected chi connectivity index (χ4v) is 3.73. The van der Waals surface area contributed by atoms with Gasteiger partial charge in [0.15, 0.2) is 0 Å². The van der Waals surface area contributed by atoms with Crippen LogP contribution in [0.4, 0.5) is 11.6 Å². The number of anilines is 2. The van der Waals surface area contributed by atoms with Crippen molar-refractivity contribution in [3.05, 3.63) is 71.2 Å². The van der Waals surface area contributed by atoms with Crippen molar-refractivity contribution in [1.82, 2.24) is 19.1 Å². The van der Waals surface area contributed by atoms with Crippen LogP contribution in [0.2, 0.25) is 5.02 Å². The fourth-order valence-electron chi connectivity index (χ4n) is 3.56. The van der Waals surface area contributed by atoms with Crippen molar-refractivity contribution in [2.24, 2.45) is 14.1 Å². The topological polar surface area (TPSA) is 82.9 Å². The van der Waals surface area contributed by atoms with E-state index in [1.165, 1.54) is 0 Å². The predicted octanol–water partition coefficient (Wildman–Crippen LogP) is 5.10. The summed E-state index contributed by atoms with van der Waals surface area (Å²) in [5.41, 5.74) is 11.4. The van der Waals surface area contributed by atoms with Gasteiger partial charge in [0.1, 0.15) is 5.75 Å². The van der Waals surface area contributed by atoms with Crippen molar-refractivity contribution in [3.63, 3.8) is 0 Å². The van der Waals surface area contributed by atoms with Gasteiger partial charge in [-0.1, -0.05) is 23.7 Å². The number of hydrogen-bond acceptors (Lipinski definition) is 5. The Morgan fingerprint density at radius 1 is 0.903 bits per heavy atom. The van der Waals surface area contributed by atoms with Crippen LogP contribution >= 0.6 is 11.6 Å². The highest BCUT2D eigenvalue weighted by Crippen LogP contribution is 2.27. The van der Waals surface area contributed by atoms with Gasteiger partial charge in [-0.05, 0) is 54.1 Å². The van der Waals surface area contributed by atoms with E-state index in [-0.39, 0.29) is 0 Å². The molecule has 0 aliphatic rings. The lowest BCUT2D eigenvalue weighted by Gasteiger charge is -2.08. The number of nitrogen functional groups attached to an aromatic ring is 1. The molecule has 0 aliphatic carbocycles. The molecule has 0 fully saturated rings. The molecule has 5 rings (SSSR count). The normalized spacial score (nSPS) is 11.3. The summed E-state index contributed by atoms with van der Waals surface area (Å²) in [4.78, 5) is 9.16. The number of halogens is 1. The summed E-state index contributed by atoms with van der Waals surface area (Å²) in [6, 6.07) is 19.7. The average Bonchev–Trinajstić information content (AvgIpc) is 3.24. The third-order valence-corrected chi connectivity index (χ3v) is 5.52. The maximum absolute atomic E-state index is 6.09. The highest BCUT2D eigenvalue weighted by molar-refractivity contribution is 6.31. The molecular formula is C23H21ClN6O. The molecule has 0 spiro atoms. The van der Waals surface area contributed by atoms with Gasteiger partial charge in [0.25, 0.3) is 0 Å². The van der Waals surface area contributed by atoms with Gasteiger partial charge in [0, 0.05) is 31.4 Å². The number of benzene rings is 3. The molecule has 0 saturated heterocycles. The summed E-state index contributed by atoms with van der Waals surface area (Å²) in [5, 5.41) is 4.05. The van der Waals surface area contributed by atoms with Crippen LogP contribution < -0.4 is 15.8 Å². The lowest BCUT2D eigenvalue weighted by molar-refractivity contribution is 0.427. The summed E-state index contributed by atoms with van der Waals surface area (Å²) in [6.45, 7) is 0.637. The number of hydrogen-bond donors (Lipinski definition) is 2. The molecule has 31 heavy (non-hydrogen) atoms. The van der Waals surface area contributed by atoms with Crippen LogP contribution in [0.1, 0.15) is 5.56 Å². The molecule has 3 aromatic carbocycles. The first kappa shape index (κ1) is 19.3. The number of aryl methyl sites for hydroxylation is 2. The van der Waals surface area contributed by atoms with Gasteiger partial charge < -0.3 is 20.4 Å². The van der Waals surface area contributed by atoms with Crippen molar-refractivity contribution >= 4 is 45.3 Å². The molecule has 5 aromatic rings. The zero-order valence-corrected chi connectivity index (χ0v) is 17.9. The zero-order chi connectivity index (χ0) is 21.5. The molecule has 0 atom stereocenters. The Bertz CT molecular complexity index is 1400. The van der Waals surface area contributed by atoms with E-state index in [0.717, 1.165) is 39.3 Å². The number of aromatic nitrogens is 4. The summed E-state index contributed by atoms with van der Waals surface area (Å²) >= 11 is 6.09. The maximum atomic E-state index is 6.09. The highest BCUT2D eigenvalue weighted by atomic mass is 35.5. The van der Waals surface area contributed by atoms with Gasteiger partial charge >= 0.3 is 6.01 Å². The Kier molecular flexibility index (Phi) is 4.67. The lowest BCUT2D eigenvalue weighted by atomic mass is 10.2. The van der Waals surface area contributed by atoms with E-state index in [9.17, 15) is 0 Å². The standard InChI is InChI=1S/C23H21ClN6O/c1-29-21-12-16(25)6-10-18(21)27-22(29)26-13-14-3-7-17(8-4-14)31-23-28-19-9-5-15(24)11-20(19)30(23)2/h3-12H,13,25H2,1-2H3,(H,26,27). The first-order chi connectivity index (χ1) is 15.0. The molecule has 0 amide bonds. The molecule has 7 nitrogen and oxygen atoms in total. The minimum absolute atomic E-state index is 0.516. The predicted molar refractivity (Wildman–Crippen MR) is 125 cm³/mol. The van der Waals surface area contributed by atoms with Crippen LogP contribution in [0.25, 0.3) is 22.1 Å². The van der Waals surface area contributed by atoms with E-state index in [1.807, 2.05) is 83.9 Å². The van der Waals surface area contributed by atoms with Crippen molar-refractivity contribution in [2.45, 2.75) is 6.54 Å². The van der Waals surface area contributed by atoms with Crippen molar-refractivity contribution in [3.8, 4) is 11.8 Å². The van der Waals surface area contributed by atoms with E-state index in [1.54, 1.807) is 0 Å². The van der Waals surface area contributed by atoms with Gasteiger partial charge in [-0.25, -0.2) is 4.98 Å². The van der Waals surface area contributed by atoms with E-state index in [2.05, 4.69) is 15.3 Å². The monoisotopic (exact) mass is 432 g/mol. The highest BCUT2D eigenvalue weighted by Gasteiger charge is 2.11. The summed E-state index contributed by atoms with van der Waals surface area (Å²) in [6.07, 6.45) is 0. The third kappa shape index (κ3) is 3.64. The van der Waals surface area contributed by atoms with Crippen molar-refractivity contribution in [1.29, 1.82) is 0 Å². The van der Waals surface area contributed by atoms with E-state index >= 15 is 0 Å². The molecule has 156 valence electrons. The van der Waals surface area contributed by atoms with Gasteiger partial charge in [-0.3, -0.25) is 4.57 Å². The molecule has 3 N–H and O–H groups in total. The second-order valence-electron chi connectivity index (χ2n) is 7.43. The zero-order valence-electron chi connectivity index (χ0n) is 17.1. The van der Waals surface area contributed by atoms with Crippen LogP contribution in [0.5, 0.6) is 11.8 Å². The summed E-state index contributed by atoms with van der Waals surface area (Å²) < 4.78 is 9.87. The first-order valence-electron chi connectivity index (χ1n) is 9.82. The number of rotatable bonds is 5. The minimum Gasteiger partial charge on any atom is -0.426 e. The van der Waals surface area contributed by atoms with Gasteiger partial charge in [-0.2, -0.15) is 4.98 Å². The smallest absolute Gasteiger partial charge is 0.302 e. The average molecular weight is 433 g/mol. The number of nitrogens with zero attached hydrogens (tertiary/aromatic N) is 4. The fraction of sp³-hybridized carbons (Fsp3) is 0.130. The Balaban J connectivity index is 1.30. The van der Waals surface area contributed by atoms with E-state index in [0.29, 0.717) is 23.3 Å². The largest absolute Gasteiger partial charge is 0.426 e. The van der Waals surface area contributed by atoms with Crippen LogP contribution in [-0.2, 0) is 20.6 Å². The number of imidazole rings is 2. The van der Waals surface area contributed by atoms with Crippen LogP contribution in [0.15, 0.2) is 60.7 Å². The van der Waals surface area contributed by atoms with Crippen molar-refractivity contribution in [2.75, 3.05) is 11.1 Å². The number of nitrogens with one attached hydrogen (secondary N) is 1. The SMILES string of the molecule is Cn1c(NCc2ccc(Oc3nc4ccc(Cl)cc4n3C)cc2)nc2ccc(N)cc21. The van der Waals surface area contributed by atoms with E-state index < -0.39 is 0 Å². The molecular weight excluding hydrogens is 412 g/mol. The Morgan fingerprint density at radius 3 is 2.42 bits per heavy atom. The Morgan fingerprint density at radius 2 is 1.61 bits per heavy atom. The molecule has 2 aromatic heterocycles. The summed E-state index contributed by atoms with van der Waals surface area (Å²) in [5.74, 6) is 1.51. The minimum atomic E-state index is 0.516. The number of fused-ring (bicyclic) bond motifs is 2. The molecule has 0 bridgehead atoms. The van der Waals surface area contributed by atoms with Gasteiger partial charge in [-0.15, -0.1) is 0 Å². The van der Waals surface area contributed by atoms with Crippen LogP contribution in [0, 0.1) is 0 Å². The Labute approximate surface area is 184 Å². The van der Waals surface area contributed by atoms with Crippen molar-refractivity contribution < 1.29 is 4.74 Å². The quantitative estimate of drug-likeness (QED) is 0.377. The number of nitrogens with two attached hydrogens (primary N) is 1. The first-order valence-corrected chi connectivity index (χ1v) is 10.2. The summed E-state index contributed by atoms with van der Waals surface area (Å²) in [7, 11) is 3.88. The molecule has 0 radical (unpaired) electrons. The van der Waals surface area contributed by atoms with Gasteiger partial charge in [0.05, 0.1) is 22.1 Å². The molecule has 2 heterocycles. The molecule has 0 aliphatic heterocycles. The molecule has 8 heteroatoms. The van der Waals surface area contributed by atoms with E-state index in [4.69, 9.17) is 22.1 Å². The molecule has 0 unspecified atom stereocenters. The van der Waals surface area contributed by atoms with Crippen LogP contribution in [0.3, 0.4) is 0 Å². The molecule has 0 saturated carbocycles. The van der Waals surface area contributed by atoms with Crippen LogP contribution in [-0.4, -0.2) is 19.1 Å². The Hall–Kier alpha value is -3.71. The second kappa shape index (κ2) is 7.52. The number of ether oxygens (including phenoxy) is 1. The lowest BCUT2D eigenvalue weighted by Crippen LogP contribution is -2.05. The van der Waals surface area contributed by atoms with Gasteiger partial charge in [0.2, 0.25) is 5.95 Å². The maximum Gasteiger partial charge on any atom is 0.302 e. The third-order valence-electron chi connectivity index (χ3n) is 5.29.